The molecule has 1 aliphatic rings. The Labute approximate surface area is 139 Å². The van der Waals surface area contributed by atoms with Crippen molar-refractivity contribution in [1.29, 1.82) is 0 Å². The van der Waals surface area contributed by atoms with E-state index in [-0.39, 0.29) is 12.5 Å². The van der Waals surface area contributed by atoms with Gasteiger partial charge in [-0.1, -0.05) is 31.0 Å². The van der Waals surface area contributed by atoms with Crippen LogP contribution in [-0.2, 0) is 4.79 Å². The molecule has 2 N–H and O–H groups in total. The van der Waals surface area contributed by atoms with Crippen molar-refractivity contribution >= 4 is 39.1 Å². The molecule has 1 saturated carbocycles. The number of benzene rings is 1. The molecule has 0 saturated heterocycles. The molecule has 5 heteroatoms. The number of aliphatic hydroxyl groups is 1. The highest BCUT2D eigenvalue weighted by Gasteiger charge is 2.18. The zero-order valence-corrected chi connectivity index (χ0v) is 14.1. The van der Waals surface area contributed by atoms with E-state index in [1.165, 1.54) is 30.4 Å². The van der Waals surface area contributed by atoms with Crippen molar-refractivity contribution in [2.45, 2.75) is 37.0 Å². The van der Waals surface area contributed by atoms with Crippen LogP contribution in [0.25, 0.3) is 10.1 Å². The van der Waals surface area contributed by atoms with Crippen molar-refractivity contribution in [2.24, 2.45) is 0 Å². The van der Waals surface area contributed by atoms with Gasteiger partial charge in [0.1, 0.15) is 0 Å². The Hall–Kier alpha value is -1.04. The molecule has 3 rings (SSSR count). The van der Waals surface area contributed by atoms with Crippen LogP contribution >= 0.6 is 23.1 Å². The summed E-state index contributed by atoms with van der Waals surface area (Å²) in [4.78, 5) is 11.9. The minimum atomic E-state index is -0.642. The summed E-state index contributed by atoms with van der Waals surface area (Å²) in [5.41, 5.74) is 0.907. The first-order chi connectivity index (χ1) is 10.7. The van der Waals surface area contributed by atoms with Crippen LogP contribution in [0.5, 0.6) is 0 Å². The Morgan fingerprint density at radius 3 is 2.95 bits per heavy atom. The molecule has 1 amide bonds. The SMILES string of the molecule is O=C(CSC1CCCC1)NCC(O)c1csc2ccccc12. The number of nitrogens with one attached hydrogen (secondary N) is 1. The van der Waals surface area contributed by atoms with Gasteiger partial charge in [-0.3, -0.25) is 4.79 Å². The molecule has 1 atom stereocenters. The normalized spacial score (nSPS) is 17.0. The van der Waals surface area contributed by atoms with Crippen LogP contribution in [0.1, 0.15) is 37.4 Å². The Kier molecular flexibility index (Phi) is 5.39. The third-order valence-electron chi connectivity index (χ3n) is 4.11. The van der Waals surface area contributed by atoms with Gasteiger partial charge < -0.3 is 10.4 Å². The maximum absolute atomic E-state index is 11.9. The van der Waals surface area contributed by atoms with Gasteiger partial charge in [-0.05, 0) is 29.7 Å². The second-order valence-corrected chi connectivity index (χ2v) is 7.92. The number of thioether (sulfide) groups is 1. The highest BCUT2D eigenvalue weighted by molar-refractivity contribution is 8.00. The predicted molar refractivity (Wildman–Crippen MR) is 94.5 cm³/mol. The summed E-state index contributed by atoms with van der Waals surface area (Å²) in [6.45, 7) is 0.283. The second-order valence-electron chi connectivity index (χ2n) is 5.72. The first-order valence-corrected chi connectivity index (χ1v) is 9.69. The quantitative estimate of drug-likeness (QED) is 0.846. The van der Waals surface area contributed by atoms with Crippen LogP contribution in [0.2, 0.25) is 0 Å². The number of hydrogen-bond donors (Lipinski definition) is 2. The lowest BCUT2D eigenvalue weighted by atomic mass is 10.1. The Morgan fingerprint density at radius 2 is 2.14 bits per heavy atom. The standard InChI is InChI=1S/C17H21NO2S2/c19-15(14-10-22-16-8-4-3-7-13(14)16)9-18-17(20)11-21-12-5-1-2-6-12/h3-4,7-8,10,12,15,19H,1-2,5-6,9,11H2,(H,18,20). The number of rotatable bonds is 6. The minimum absolute atomic E-state index is 0.0236. The number of carbonyl (C=O) groups excluding carboxylic acids is 1. The Bertz CT molecular complexity index is 634. The molecule has 0 radical (unpaired) electrons. The molecule has 22 heavy (non-hydrogen) atoms. The molecule has 1 fully saturated rings. The third kappa shape index (κ3) is 3.83. The Balaban J connectivity index is 1.49. The van der Waals surface area contributed by atoms with Crippen molar-refractivity contribution in [3.63, 3.8) is 0 Å². The molecule has 118 valence electrons. The molecule has 1 aliphatic carbocycles. The van der Waals surface area contributed by atoms with Crippen LogP contribution in [0, 0.1) is 0 Å². The molecule has 0 bridgehead atoms. The van der Waals surface area contributed by atoms with Gasteiger partial charge in [0.15, 0.2) is 0 Å². The second kappa shape index (κ2) is 7.49. The van der Waals surface area contributed by atoms with Gasteiger partial charge in [0.25, 0.3) is 0 Å². The monoisotopic (exact) mass is 335 g/mol. The van der Waals surface area contributed by atoms with Gasteiger partial charge >= 0.3 is 0 Å². The minimum Gasteiger partial charge on any atom is -0.387 e. The Morgan fingerprint density at radius 1 is 1.36 bits per heavy atom. The van der Waals surface area contributed by atoms with E-state index < -0.39 is 6.10 Å². The van der Waals surface area contributed by atoms with Crippen LogP contribution < -0.4 is 5.32 Å². The summed E-state index contributed by atoms with van der Waals surface area (Å²) in [6, 6.07) is 8.04. The van der Waals surface area contributed by atoms with E-state index in [1.807, 2.05) is 29.6 Å². The summed E-state index contributed by atoms with van der Waals surface area (Å²) >= 11 is 3.38. The van der Waals surface area contributed by atoms with Crippen LogP contribution in [0.15, 0.2) is 29.6 Å². The molecule has 1 heterocycles. The molecule has 0 spiro atoms. The van der Waals surface area contributed by atoms with Crippen LogP contribution in [-0.4, -0.2) is 28.6 Å². The number of hydrogen-bond acceptors (Lipinski definition) is 4. The highest BCUT2D eigenvalue weighted by Crippen LogP contribution is 2.30. The van der Waals surface area contributed by atoms with Gasteiger partial charge in [0.05, 0.1) is 11.9 Å². The summed E-state index contributed by atoms with van der Waals surface area (Å²) in [5.74, 6) is 0.525. The van der Waals surface area contributed by atoms with Crippen molar-refractivity contribution in [3.8, 4) is 0 Å². The summed E-state index contributed by atoms with van der Waals surface area (Å²) in [7, 11) is 0. The van der Waals surface area contributed by atoms with Gasteiger partial charge in [-0.25, -0.2) is 0 Å². The zero-order valence-electron chi connectivity index (χ0n) is 12.5. The predicted octanol–water partition coefficient (Wildman–Crippen LogP) is 3.73. The molecule has 0 aliphatic heterocycles. The van der Waals surface area contributed by atoms with E-state index in [1.54, 1.807) is 23.1 Å². The fourth-order valence-electron chi connectivity index (χ4n) is 2.88. The largest absolute Gasteiger partial charge is 0.387 e. The average Bonchev–Trinajstić information content (AvgIpc) is 3.19. The number of aliphatic hydroxyl groups excluding tert-OH is 1. The maximum atomic E-state index is 11.9. The molecular weight excluding hydrogens is 314 g/mol. The lowest BCUT2D eigenvalue weighted by molar-refractivity contribution is -0.119. The van der Waals surface area contributed by atoms with E-state index in [9.17, 15) is 9.90 Å². The van der Waals surface area contributed by atoms with Gasteiger partial charge in [0.2, 0.25) is 5.91 Å². The summed E-state index contributed by atoms with van der Waals surface area (Å²) in [5, 5.41) is 16.9. The van der Waals surface area contributed by atoms with E-state index in [0.717, 1.165) is 10.9 Å². The lowest BCUT2D eigenvalue weighted by Gasteiger charge is -2.13. The van der Waals surface area contributed by atoms with Crippen molar-refractivity contribution in [3.05, 3.63) is 35.2 Å². The first kappa shape index (κ1) is 15.8. The number of carbonyl (C=O) groups is 1. The third-order valence-corrected chi connectivity index (χ3v) is 6.47. The van der Waals surface area contributed by atoms with Crippen LogP contribution in [0.3, 0.4) is 0 Å². The first-order valence-electron chi connectivity index (χ1n) is 7.76. The van der Waals surface area contributed by atoms with Gasteiger partial charge in [0, 0.05) is 22.1 Å². The summed E-state index contributed by atoms with van der Waals surface area (Å²) < 4.78 is 1.17. The highest BCUT2D eigenvalue weighted by atomic mass is 32.2. The topological polar surface area (TPSA) is 49.3 Å². The molecule has 1 aromatic heterocycles. The van der Waals surface area contributed by atoms with Crippen LogP contribution in [0.4, 0.5) is 0 Å². The van der Waals surface area contributed by atoms with Gasteiger partial charge in [-0.2, -0.15) is 0 Å². The molecule has 3 nitrogen and oxygen atoms in total. The number of thiophene rings is 1. The molecule has 1 aromatic carbocycles. The number of amides is 1. The van der Waals surface area contributed by atoms with E-state index in [0.29, 0.717) is 11.0 Å². The average molecular weight is 335 g/mol. The molecule has 2 aromatic rings. The van der Waals surface area contributed by atoms with Gasteiger partial charge in [-0.15, -0.1) is 23.1 Å². The smallest absolute Gasteiger partial charge is 0.230 e. The van der Waals surface area contributed by atoms with Crippen molar-refractivity contribution < 1.29 is 9.90 Å². The van der Waals surface area contributed by atoms with E-state index >= 15 is 0 Å². The van der Waals surface area contributed by atoms with Crippen molar-refractivity contribution in [1.82, 2.24) is 5.32 Å². The van der Waals surface area contributed by atoms with Crippen molar-refractivity contribution in [2.75, 3.05) is 12.3 Å². The summed E-state index contributed by atoms with van der Waals surface area (Å²) in [6.07, 6.45) is 4.42. The van der Waals surface area contributed by atoms with E-state index in [4.69, 9.17) is 0 Å². The fourth-order valence-corrected chi connectivity index (χ4v) is 5.04. The molecule has 1 unspecified atom stereocenters. The van der Waals surface area contributed by atoms with E-state index in [2.05, 4.69) is 5.32 Å². The molecular formula is C17H21NO2S2. The maximum Gasteiger partial charge on any atom is 0.230 e. The lowest BCUT2D eigenvalue weighted by Crippen LogP contribution is -2.30. The fraction of sp³-hybridized carbons (Fsp3) is 0.471. The zero-order chi connectivity index (χ0) is 15.4. The number of fused-ring (bicyclic) bond motifs is 1.